The van der Waals surface area contributed by atoms with Gasteiger partial charge in [0, 0.05) is 0 Å². The van der Waals surface area contributed by atoms with Crippen molar-refractivity contribution in [3.8, 4) is 0 Å². The summed E-state index contributed by atoms with van der Waals surface area (Å²) in [5.74, 6) is 0. The van der Waals surface area contributed by atoms with Crippen molar-refractivity contribution in [2.24, 2.45) is 0 Å². The standard InChI is InChI=1S/C9H18INO3/c1-5-6(7(10)12)11-8(13)14-9(2,3)4/h6-7,12H,5H2,1-4H3,(H,11,13)/t6-,7?/m1/s1. The third kappa shape index (κ3) is 6.42. The summed E-state index contributed by atoms with van der Waals surface area (Å²) in [5.41, 5.74) is -0.501. The molecule has 0 saturated carbocycles. The molecular formula is C9H18INO3. The SMILES string of the molecule is CC[C@@H](NC(=O)OC(C)(C)C)C(O)I. The number of hydrogen-bond acceptors (Lipinski definition) is 3. The van der Waals surface area contributed by atoms with Gasteiger partial charge in [0.05, 0.1) is 6.04 Å². The van der Waals surface area contributed by atoms with Crippen LogP contribution in [0.5, 0.6) is 0 Å². The topological polar surface area (TPSA) is 58.6 Å². The molecule has 0 aliphatic heterocycles. The molecule has 0 rings (SSSR count). The highest BCUT2D eigenvalue weighted by atomic mass is 127. The van der Waals surface area contributed by atoms with Crippen molar-refractivity contribution < 1.29 is 14.6 Å². The molecule has 4 nitrogen and oxygen atoms in total. The van der Waals surface area contributed by atoms with E-state index < -0.39 is 15.8 Å². The molecule has 2 atom stereocenters. The Morgan fingerprint density at radius 2 is 2.07 bits per heavy atom. The summed E-state index contributed by atoms with van der Waals surface area (Å²) < 4.78 is 4.46. The van der Waals surface area contributed by atoms with Crippen molar-refractivity contribution in [3.05, 3.63) is 0 Å². The van der Waals surface area contributed by atoms with Crippen molar-refractivity contribution in [1.29, 1.82) is 0 Å². The Kier molecular flexibility index (Phi) is 5.73. The van der Waals surface area contributed by atoms with Gasteiger partial charge in [-0.1, -0.05) is 6.92 Å². The fourth-order valence-electron chi connectivity index (χ4n) is 0.824. The van der Waals surface area contributed by atoms with E-state index >= 15 is 0 Å². The number of carbonyl (C=O) groups excluding carboxylic acids is 1. The molecule has 0 saturated heterocycles. The maximum Gasteiger partial charge on any atom is 0.407 e. The second-order valence-electron chi connectivity index (χ2n) is 4.03. The smallest absolute Gasteiger partial charge is 0.407 e. The Balaban J connectivity index is 4.04. The Morgan fingerprint density at radius 1 is 1.57 bits per heavy atom. The van der Waals surface area contributed by atoms with Gasteiger partial charge in [0.25, 0.3) is 0 Å². The van der Waals surface area contributed by atoms with E-state index in [4.69, 9.17) is 4.74 Å². The van der Waals surface area contributed by atoms with Gasteiger partial charge in [0.15, 0.2) is 0 Å². The van der Waals surface area contributed by atoms with Crippen LogP contribution in [0.4, 0.5) is 4.79 Å². The number of aliphatic hydroxyl groups is 1. The number of halogens is 1. The molecule has 0 aromatic rings. The number of nitrogens with one attached hydrogen (secondary N) is 1. The van der Waals surface area contributed by atoms with Gasteiger partial charge in [-0.15, -0.1) is 0 Å². The van der Waals surface area contributed by atoms with E-state index in [1.54, 1.807) is 20.8 Å². The van der Waals surface area contributed by atoms with E-state index in [0.29, 0.717) is 6.42 Å². The van der Waals surface area contributed by atoms with Crippen molar-refractivity contribution in [2.45, 2.75) is 49.9 Å². The van der Waals surface area contributed by atoms with Gasteiger partial charge in [-0.3, -0.25) is 0 Å². The summed E-state index contributed by atoms with van der Waals surface area (Å²) in [4.78, 5) is 11.3. The minimum atomic E-state index is -0.592. The van der Waals surface area contributed by atoms with Crippen LogP contribution < -0.4 is 5.32 Å². The van der Waals surface area contributed by atoms with Crippen LogP contribution in [-0.4, -0.2) is 27.0 Å². The average Bonchev–Trinajstić information content (AvgIpc) is 1.96. The first-order valence-electron chi connectivity index (χ1n) is 4.58. The molecule has 0 bridgehead atoms. The number of rotatable bonds is 3. The summed E-state index contributed by atoms with van der Waals surface area (Å²) in [5, 5.41) is 11.9. The highest BCUT2D eigenvalue weighted by Crippen LogP contribution is 2.10. The van der Waals surface area contributed by atoms with Gasteiger partial charge in [-0.25, -0.2) is 4.79 Å². The molecule has 14 heavy (non-hydrogen) atoms. The van der Waals surface area contributed by atoms with Crippen LogP contribution in [0.3, 0.4) is 0 Å². The van der Waals surface area contributed by atoms with Crippen LogP contribution in [0.25, 0.3) is 0 Å². The molecule has 84 valence electrons. The van der Waals surface area contributed by atoms with E-state index in [0.717, 1.165) is 0 Å². The molecule has 0 aromatic heterocycles. The highest BCUT2D eigenvalue weighted by Gasteiger charge is 2.21. The lowest BCUT2D eigenvalue weighted by atomic mass is 10.2. The lowest BCUT2D eigenvalue weighted by Crippen LogP contribution is -2.43. The number of hydrogen-bond donors (Lipinski definition) is 2. The first-order valence-corrected chi connectivity index (χ1v) is 5.82. The van der Waals surface area contributed by atoms with Crippen molar-refractivity contribution >= 4 is 28.7 Å². The lowest BCUT2D eigenvalue weighted by molar-refractivity contribution is 0.0475. The van der Waals surface area contributed by atoms with Gasteiger partial charge < -0.3 is 15.2 Å². The van der Waals surface area contributed by atoms with E-state index in [-0.39, 0.29) is 6.04 Å². The average molecular weight is 315 g/mol. The second kappa shape index (κ2) is 5.75. The molecule has 0 fully saturated rings. The van der Waals surface area contributed by atoms with Crippen molar-refractivity contribution in [1.82, 2.24) is 5.32 Å². The molecule has 1 unspecified atom stereocenters. The fourth-order valence-corrected chi connectivity index (χ4v) is 1.51. The Labute approximate surface area is 98.5 Å². The van der Waals surface area contributed by atoms with Gasteiger partial charge >= 0.3 is 6.09 Å². The monoisotopic (exact) mass is 315 g/mol. The number of amides is 1. The molecule has 0 aliphatic rings. The minimum absolute atomic E-state index is 0.259. The second-order valence-corrected chi connectivity index (χ2v) is 5.31. The van der Waals surface area contributed by atoms with Gasteiger partial charge in [0.1, 0.15) is 9.71 Å². The predicted molar refractivity (Wildman–Crippen MR) is 63.5 cm³/mol. The van der Waals surface area contributed by atoms with Crippen LogP contribution in [-0.2, 0) is 4.74 Å². The number of carbonyl (C=O) groups is 1. The molecular weight excluding hydrogens is 297 g/mol. The van der Waals surface area contributed by atoms with Crippen LogP contribution in [0.2, 0.25) is 0 Å². The summed E-state index contributed by atoms with van der Waals surface area (Å²) >= 11 is 1.86. The molecule has 0 aliphatic carbocycles. The third-order valence-electron chi connectivity index (χ3n) is 1.47. The van der Waals surface area contributed by atoms with E-state index in [9.17, 15) is 9.90 Å². The molecule has 5 heteroatoms. The van der Waals surface area contributed by atoms with E-state index in [1.807, 2.05) is 29.5 Å². The Morgan fingerprint density at radius 3 is 2.36 bits per heavy atom. The van der Waals surface area contributed by atoms with Crippen molar-refractivity contribution in [3.63, 3.8) is 0 Å². The zero-order valence-corrected chi connectivity index (χ0v) is 11.2. The van der Waals surface area contributed by atoms with Crippen LogP contribution >= 0.6 is 22.6 Å². The zero-order valence-electron chi connectivity index (χ0n) is 9.00. The summed E-state index contributed by atoms with van der Waals surface area (Å²) in [6.45, 7) is 7.29. The molecule has 0 heterocycles. The quantitative estimate of drug-likeness (QED) is 0.619. The largest absolute Gasteiger partial charge is 0.444 e. The number of alkyl carbamates (subject to hydrolysis) is 1. The van der Waals surface area contributed by atoms with Crippen LogP contribution in [0.15, 0.2) is 0 Å². The van der Waals surface area contributed by atoms with Crippen molar-refractivity contribution in [2.75, 3.05) is 0 Å². The Bertz CT molecular complexity index is 189. The molecule has 0 aromatic carbocycles. The Hall–Kier alpha value is -0.0400. The van der Waals surface area contributed by atoms with E-state index in [2.05, 4.69) is 5.32 Å². The minimum Gasteiger partial charge on any atom is -0.444 e. The van der Waals surface area contributed by atoms with Gasteiger partial charge in [-0.05, 0) is 49.8 Å². The normalized spacial score (nSPS) is 15.9. The first-order chi connectivity index (χ1) is 6.26. The lowest BCUT2D eigenvalue weighted by Gasteiger charge is -2.23. The summed E-state index contributed by atoms with van der Waals surface area (Å²) in [6, 6.07) is -0.259. The molecule has 2 N–H and O–H groups in total. The molecule has 1 amide bonds. The number of alkyl halides is 1. The summed E-state index contributed by atoms with van der Waals surface area (Å²) in [7, 11) is 0. The maximum absolute atomic E-state index is 11.3. The third-order valence-corrected chi connectivity index (χ3v) is 2.34. The van der Waals surface area contributed by atoms with Gasteiger partial charge in [0.2, 0.25) is 0 Å². The highest BCUT2D eigenvalue weighted by molar-refractivity contribution is 14.1. The van der Waals surface area contributed by atoms with E-state index in [1.165, 1.54) is 0 Å². The maximum atomic E-state index is 11.3. The number of ether oxygens (including phenoxy) is 1. The fraction of sp³-hybridized carbons (Fsp3) is 0.889. The summed E-state index contributed by atoms with van der Waals surface area (Å²) in [6.07, 6.45) is 0.184. The number of aliphatic hydroxyl groups excluding tert-OH is 1. The molecule has 0 spiro atoms. The molecule has 0 radical (unpaired) electrons. The zero-order chi connectivity index (χ0) is 11.4. The van der Waals surface area contributed by atoms with Crippen LogP contribution in [0.1, 0.15) is 34.1 Å². The van der Waals surface area contributed by atoms with Crippen LogP contribution in [0, 0.1) is 0 Å². The van der Waals surface area contributed by atoms with Gasteiger partial charge in [-0.2, -0.15) is 0 Å². The predicted octanol–water partition coefficient (Wildman–Crippen LogP) is 2.04. The first kappa shape index (κ1) is 14.0.